The van der Waals surface area contributed by atoms with Crippen molar-refractivity contribution in [1.29, 1.82) is 0 Å². The van der Waals surface area contributed by atoms with Crippen molar-refractivity contribution in [2.24, 2.45) is 5.92 Å². The molecule has 2 amide bonds. The number of allylic oxidation sites excluding steroid dienone is 1. The van der Waals surface area contributed by atoms with Gasteiger partial charge in [-0.15, -0.1) is 0 Å². The predicted molar refractivity (Wildman–Crippen MR) is 94.8 cm³/mol. The van der Waals surface area contributed by atoms with Gasteiger partial charge in [0, 0.05) is 43.8 Å². The molecule has 23 heavy (non-hydrogen) atoms. The van der Waals surface area contributed by atoms with Crippen LogP contribution >= 0.6 is 0 Å². The van der Waals surface area contributed by atoms with E-state index in [1.165, 1.54) is 24.1 Å². The van der Waals surface area contributed by atoms with Gasteiger partial charge in [-0.1, -0.05) is 5.57 Å². The quantitative estimate of drug-likeness (QED) is 0.898. The second-order valence-electron chi connectivity index (χ2n) is 6.60. The summed E-state index contributed by atoms with van der Waals surface area (Å²) in [7, 11) is 2.16. The zero-order valence-corrected chi connectivity index (χ0v) is 14.0. The molecule has 124 valence electrons. The standard InChI is InChI=1S/C18H26N4O/c1-14(15-3-4-15)13-19-18(23)20-16-5-7-17(8-6-16)22-11-9-21(2)10-12-22/h5-8,13,15H,3-4,9-12H2,1-2H3,(H2,19,20,23)/b14-13+. The van der Waals surface area contributed by atoms with E-state index in [1.807, 2.05) is 18.3 Å². The third-order valence-electron chi connectivity index (χ3n) is 4.65. The van der Waals surface area contributed by atoms with E-state index in [-0.39, 0.29) is 6.03 Å². The Hall–Kier alpha value is -2.01. The fourth-order valence-corrected chi connectivity index (χ4v) is 2.82. The Morgan fingerprint density at radius 3 is 2.39 bits per heavy atom. The summed E-state index contributed by atoms with van der Waals surface area (Å²) in [6.07, 6.45) is 4.32. The molecule has 1 aliphatic carbocycles. The van der Waals surface area contributed by atoms with E-state index in [0.29, 0.717) is 5.92 Å². The molecule has 1 aliphatic heterocycles. The zero-order chi connectivity index (χ0) is 16.2. The van der Waals surface area contributed by atoms with Gasteiger partial charge in [0.1, 0.15) is 0 Å². The van der Waals surface area contributed by atoms with Crippen LogP contribution in [0.3, 0.4) is 0 Å². The molecule has 2 aliphatic rings. The summed E-state index contributed by atoms with van der Waals surface area (Å²) in [5.74, 6) is 0.679. The minimum Gasteiger partial charge on any atom is -0.369 e. The lowest BCUT2D eigenvalue weighted by Gasteiger charge is -2.34. The summed E-state index contributed by atoms with van der Waals surface area (Å²) < 4.78 is 0. The molecule has 5 nitrogen and oxygen atoms in total. The highest BCUT2D eigenvalue weighted by molar-refractivity contribution is 5.90. The summed E-state index contributed by atoms with van der Waals surface area (Å²) in [6.45, 7) is 6.36. The molecule has 1 aromatic rings. The van der Waals surface area contributed by atoms with Crippen LogP contribution < -0.4 is 15.5 Å². The molecule has 0 spiro atoms. The van der Waals surface area contributed by atoms with Gasteiger partial charge in [0.2, 0.25) is 0 Å². The van der Waals surface area contributed by atoms with Gasteiger partial charge in [-0.05, 0) is 57.0 Å². The summed E-state index contributed by atoms with van der Waals surface area (Å²) in [4.78, 5) is 16.6. The number of carbonyl (C=O) groups is 1. The maximum absolute atomic E-state index is 11.9. The van der Waals surface area contributed by atoms with Crippen LogP contribution in [0.2, 0.25) is 0 Å². The number of urea groups is 1. The molecule has 0 unspecified atom stereocenters. The van der Waals surface area contributed by atoms with Crippen LogP contribution in [-0.2, 0) is 0 Å². The van der Waals surface area contributed by atoms with Crippen molar-refractivity contribution in [3.8, 4) is 0 Å². The fraction of sp³-hybridized carbons (Fsp3) is 0.500. The minimum absolute atomic E-state index is 0.183. The van der Waals surface area contributed by atoms with Gasteiger partial charge in [0.25, 0.3) is 0 Å². The van der Waals surface area contributed by atoms with Crippen LogP contribution in [0.25, 0.3) is 0 Å². The van der Waals surface area contributed by atoms with Crippen molar-refractivity contribution in [1.82, 2.24) is 10.2 Å². The molecule has 1 heterocycles. The molecule has 3 rings (SSSR count). The number of piperazine rings is 1. The van der Waals surface area contributed by atoms with E-state index < -0.39 is 0 Å². The molecule has 0 atom stereocenters. The first-order valence-electron chi connectivity index (χ1n) is 8.39. The highest BCUT2D eigenvalue weighted by atomic mass is 16.2. The lowest BCUT2D eigenvalue weighted by atomic mass is 10.2. The van der Waals surface area contributed by atoms with Crippen molar-refractivity contribution in [3.63, 3.8) is 0 Å². The molecule has 0 radical (unpaired) electrons. The summed E-state index contributed by atoms with van der Waals surface area (Å²) in [5.41, 5.74) is 3.29. The Labute approximate surface area is 138 Å². The van der Waals surface area contributed by atoms with E-state index in [4.69, 9.17) is 0 Å². The van der Waals surface area contributed by atoms with Gasteiger partial charge in [0.05, 0.1) is 0 Å². The van der Waals surface area contributed by atoms with Gasteiger partial charge >= 0.3 is 6.03 Å². The smallest absolute Gasteiger partial charge is 0.323 e. The van der Waals surface area contributed by atoms with Gasteiger partial charge < -0.3 is 20.4 Å². The highest BCUT2D eigenvalue weighted by Crippen LogP contribution is 2.35. The number of carbonyl (C=O) groups excluding carboxylic acids is 1. The van der Waals surface area contributed by atoms with Crippen LogP contribution in [0.4, 0.5) is 16.2 Å². The molecule has 1 saturated carbocycles. The largest absolute Gasteiger partial charge is 0.369 e. The number of benzene rings is 1. The number of hydrogen-bond acceptors (Lipinski definition) is 3. The second-order valence-corrected chi connectivity index (χ2v) is 6.60. The summed E-state index contributed by atoms with van der Waals surface area (Å²) in [6, 6.07) is 7.89. The Morgan fingerprint density at radius 1 is 1.13 bits per heavy atom. The monoisotopic (exact) mass is 314 g/mol. The second kappa shape index (κ2) is 7.04. The molecule has 5 heteroatoms. The van der Waals surface area contributed by atoms with Crippen LogP contribution in [-0.4, -0.2) is 44.2 Å². The maximum Gasteiger partial charge on any atom is 0.323 e. The van der Waals surface area contributed by atoms with Gasteiger partial charge in [0.15, 0.2) is 0 Å². The average Bonchev–Trinajstić information content (AvgIpc) is 3.39. The molecule has 0 aromatic heterocycles. The number of anilines is 2. The molecule has 0 bridgehead atoms. The highest BCUT2D eigenvalue weighted by Gasteiger charge is 2.22. The summed E-state index contributed by atoms with van der Waals surface area (Å²) in [5, 5.41) is 5.68. The Morgan fingerprint density at radius 2 is 1.78 bits per heavy atom. The number of amides is 2. The molecule has 1 saturated heterocycles. The minimum atomic E-state index is -0.183. The van der Waals surface area contributed by atoms with Crippen LogP contribution in [0.1, 0.15) is 19.8 Å². The topological polar surface area (TPSA) is 47.6 Å². The van der Waals surface area contributed by atoms with E-state index in [9.17, 15) is 4.79 Å². The van der Waals surface area contributed by atoms with Gasteiger partial charge in [-0.3, -0.25) is 0 Å². The SMILES string of the molecule is C/C(=C\NC(=O)Nc1ccc(N2CCN(C)CC2)cc1)C1CC1. The number of likely N-dealkylation sites (N-methyl/N-ethyl adjacent to an activating group) is 1. The Balaban J connectivity index is 1.50. The fourth-order valence-electron chi connectivity index (χ4n) is 2.82. The molecular weight excluding hydrogens is 288 g/mol. The van der Waals surface area contributed by atoms with Crippen LogP contribution in [0.5, 0.6) is 0 Å². The van der Waals surface area contributed by atoms with Crippen LogP contribution in [0, 0.1) is 5.92 Å². The third kappa shape index (κ3) is 4.48. The van der Waals surface area contributed by atoms with Crippen molar-refractivity contribution in [2.75, 3.05) is 43.4 Å². The van der Waals surface area contributed by atoms with Crippen molar-refractivity contribution in [3.05, 3.63) is 36.0 Å². The Bertz CT molecular complexity index is 569. The van der Waals surface area contributed by atoms with Crippen LogP contribution in [0.15, 0.2) is 36.0 Å². The molecule has 2 N–H and O–H groups in total. The van der Waals surface area contributed by atoms with Gasteiger partial charge in [-0.2, -0.15) is 0 Å². The first-order chi connectivity index (χ1) is 11.1. The normalized spacial score (nSPS) is 19.6. The lowest BCUT2D eigenvalue weighted by Crippen LogP contribution is -2.44. The number of hydrogen-bond donors (Lipinski definition) is 2. The number of nitrogens with zero attached hydrogens (tertiary/aromatic N) is 2. The van der Waals surface area contributed by atoms with E-state index in [2.05, 4.69) is 46.5 Å². The van der Waals surface area contributed by atoms with E-state index in [0.717, 1.165) is 31.9 Å². The van der Waals surface area contributed by atoms with Crippen molar-refractivity contribution >= 4 is 17.4 Å². The first kappa shape index (κ1) is 15.9. The average molecular weight is 314 g/mol. The maximum atomic E-state index is 11.9. The summed E-state index contributed by atoms with van der Waals surface area (Å²) >= 11 is 0. The van der Waals surface area contributed by atoms with Crippen molar-refractivity contribution < 1.29 is 4.79 Å². The van der Waals surface area contributed by atoms with E-state index in [1.54, 1.807) is 0 Å². The third-order valence-corrected chi connectivity index (χ3v) is 4.65. The number of rotatable bonds is 4. The van der Waals surface area contributed by atoms with Crippen molar-refractivity contribution in [2.45, 2.75) is 19.8 Å². The molecule has 1 aromatic carbocycles. The lowest BCUT2D eigenvalue weighted by molar-refractivity contribution is 0.255. The Kier molecular flexibility index (Phi) is 4.86. The molecule has 2 fully saturated rings. The first-order valence-corrected chi connectivity index (χ1v) is 8.39. The zero-order valence-electron chi connectivity index (χ0n) is 14.0. The number of nitrogens with one attached hydrogen (secondary N) is 2. The predicted octanol–water partition coefficient (Wildman–Crippen LogP) is 2.87. The van der Waals surface area contributed by atoms with E-state index >= 15 is 0 Å². The van der Waals surface area contributed by atoms with Gasteiger partial charge in [-0.25, -0.2) is 4.79 Å². The molecular formula is C18H26N4O.